The number of fused-ring (bicyclic) bond motifs is 1. The Bertz CT molecular complexity index is 1190. The van der Waals surface area contributed by atoms with Gasteiger partial charge in [0.25, 0.3) is 0 Å². The molecule has 0 radical (unpaired) electrons. The molecule has 0 aromatic carbocycles. The van der Waals surface area contributed by atoms with Gasteiger partial charge in [0.2, 0.25) is 5.91 Å². The van der Waals surface area contributed by atoms with Gasteiger partial charge in [-0.25, -0.2) is 9.78 Å². The van der Waals surface area contributed by atoms with E-state index in [2.05, 4.69) is 40.0 Å². The highest BCUT2D eigenvalue weighted by molar-refractivity contribution is 7.16. The third kappa shape index (κ3) is 6.73. The van der Waals surface area contributed by atoms with Gasteiger partial charge >= 0.3 is 6.09 Å². The number of carbonyl (C=O) groups excluding carboxylic acids is 2. The zero-order valence-corrected chi connectivity index (χ0v) is 20.4. The Morgan fingerprint density at radius 2 is 2.26 bits per heavy atom. The van der Waals surface area contributed by atoms with E-state index in [1.807, 2.05) is 12.3 Å². The van der Waals surface area contributed by atoms with Gasteiger partial charge in [-0.05, 0) is 56.0 Å². The SMILES string of the molecule is C=CC(/C=C/C(=O)Nc1sc2c(c1C#N)CCC(COC(=O)NCc1nc(C)cs1)C2)=C\N=C. The average Bonchev–Trinajstić information content (AvgIpc) is 3.40. The summed E-state index contributed by atoms with van der Waals surface area (Å²) in [5.41, 5.74) is 3.04. The molecule has 0 fully saturated rings. The van der Waals surface area contributed by atoms with Crippen molar-refractivity contribution in [1.29, 1.82) is 5.26 Å². The number of thiophene rings is 1. The number of alkyl carbamates (subject to hydrolysis) is 1. The minimum atomic E-state index is -0.470. The molecule has 1 atom stereocenters. The minimum absolute atomic E-state index is 0.153. The van der Waals surface area contributed by atoms with Crippen LogP contribution < -0.4 is 10.6 Å². The standard InChI is InChI=1S/C24H25N5O3S2/c1-4-16(11-26-3)6-8-21(30)29-23-19(10-25)18-7-5-17(9-20(18)34-23)13-32-24(31)27-12-22-28-15(2)14-33-22/h4,6,8,11,14,17H,1,3,5,7,9,12-13H2,2H3,(H,27,31)(H,29,30)/b8-6+,16-11+. The van der Waals surface area contributed by atoms with E-state index in [0.717, 1.165) is 27.6 Å². The van der Waals surface area contributed by atoms with Crippen LogP contribution in [0.4, 0.5) is 9.80 Å². The Hall–Kier alpha value is -3.55. The van der Waals surface area contributed by atoms with Crippen molar-refractivity contribution in [3.05, 3.63) is 68.7 Å². The van der Waals surface area contributed by atoms with Gasteiger partial charge in [0.1, 0.15) is 16.1 Å². The number of hydrogen-bond acceptors (Lipinski definition) is 8. The zero-order valence-electron chi connectivity index (χ0n) is 18.8. The van der Waals surface area contributed by atoms with Gasteiger partial charge in [0.15, 0.2) is 0 Å². The van der Waals surface area contributed by atoms with Crippen LogP contribution in [-0.2, 0) is 28.9 Å². The first kappa shape index (κ1) is 25.1. The van der Waals surface area contributed by atoms with Gasteiger partial charge in [-0.1, -0.05) is 12.7 Å². The Morgan fingerprint density at radius 3 is 2.94 bits per heavy atom. The molecular formula is C24H25N5O3S2. The first-order chi connectivity index (χ1) is 16.4. The molecule has 2 aromatic rings. The van der Waals surface area contributed by atoms with E-state index in [4.69, 9.17) is 4.74 Å². The predicted molar refractivity (Wildman–Crippen MR) is 135 cm³/mol. The molecule has 3 rings (SSSR count). The monoisotopic (exact) mass is 495 g/mol. The minimum Gasteiger partial charge on any atom is -0.449 e. The number of aryl methyl sites for hydroxylation is 1. The van der Waals surface area contributed by atoms with E-state index >= 15 is 0 Å². The Labute approximate surface area is 206 Å². The van der Waals surface area contributed by atoms with Crippen LogP contribution in [0.5, 0.6) is 0 Å². The van der Waals surface area contributed by atoms with Crippen LogP contribution in [0.1, 0.15) is 33.1 Å². The number of amides is 2. The van der Waals surface area contributed by atoms with Crippen molar-refractivity contribution in [3.63, 3.8) is 0 Å². The van der Waals surface area contributed by atoms with Gasteiger partial charge in [-0.3, -0.25) is 9.79 Å². The first-order valence-corrected chi connectivity index (χ1v) is 12.3. The summed E-state index contributed by atoms with van der Waals surface area (Å²) in [6.07, 6.45) is 7.70. The fourth-order valence-electron chi connectivity index (χ4n) is 3.47. The lowest BCUT2D eigenvalue weighted by Gasteiger charge is -2.21. The summed E-state index contributed by atoms with van der Waals surface area (Å²) in [4.78, 5) is 33.4. The molecule has 2 N–H and O–H groups in total. The van der Waals surface area contributed by atoms with Crippen LogP contribution in [0.15, 0.2) is 47.0 Å². The lowest BCUT2D eigenvalue weighted by Crippen LogP contribution is -2.27. The number of nitrogens with zero attached hydrogens (tertiary/aromatic N) is 3. The number of aliphatic imine (C=N–C) groups is 1. The maximum absolute atomic E-state index is 12.3. The average molecular weight is 496 g/mol. The van der Waals surface area contributed by atoms with E-state index in [1.165, 1.54) is 34.9 Å². The highest BCUT2D eigenvalue weighted by Crippen LogP contribution is 2.39. The number of hydrogen-bond donors (Lipinski definition) is 2. The van der Waals surface area contributed by atoms with Gasteiger partial charge in [0.05, 0.1) is 18.7 Å². The molecular weight excluding hydrogens is 470 g/mol. The fraction of sp³-hybridized carbons (Fsp3) is 0.292. The molecule has 0 spiro atoms. The summed E-state index contributed by atoms with van der Waals surface area (Å²) >= 11 is 2.89. The van der Waals surface area contributed by atoms with Crippen LogP contribution in [-0.4, -0.2) is 30.3 Å². The molecule has 0 saturated carbocycles. The number of thiazole rings is 1. The van der Waals surface area contributed by atoms with E-state index in [1.54, 1.807) is 12.2 Å². The number of nitrogens with one attached hydrogen (secondary N) is 2. The summed E-state index contributed by atoms with van der Waals surface area (Å²) < 4.78 is 5.40. The van der Waals surface area contributed by atoms with Crippen molar-refractivity contribution in [1.82, 2.24) is 10.3 Å². The summed E-state index contributed by atoms with van der Waals surface area (Å²) in [6.45, 7) is 9.57. The highest BCUT2D eigenvalue weighted by atomic mass is 32.1. The topological polar surface area (TPSA) is 116 Å². The number of carbonyl (C=O) groups is 2. The molecule has 0 bridgehead atoms. The molecule has 34 heavy (non-hydrogen) atoms. The Kier molecular flexibility index (Phi) is 8.90. The number of nitriles is 1. The molecule has 2 heterocycles. The predicted octanol–water partition coefficient (Wildman–Crippen LogP) is 4.68. The Morgan fingerprint density at radius 1 is 1.44 bits per heavy atom. The molecule has 0 saturated heterocycles. The molecule has 1 aliphatic rings. The lowest BCUT2D eigenvalue weighted by atomic mass is 9.88. The number of rotatable bonds is 9. The molecule has 1 aliphatic carbocycles. The summed E-state index contributed by atoms with van der Waals surface area (Å²) in [6, 6.07) is 2.22. The summed E-state index contributed by atoms with van der Waals surface area (Å²) in [5.74, 6) is -0.195. The van der Waals surface area contributed by atoms with Gasteiger partial charge in [-0.15, -0.1) is 22.7 Å². The summed E-state index contributed by atoms with van der Waals surface area (Å²) in [7, 11) is 0. The second-order valence-electron chi connectivity index (χ2n) is 7.60. The third-order valence-electron chi connectivity index (χ3n) is 5.12. The molecule has 2 aromatic heterocycles. The highest BCUT2D eigenvalue weighted by Gasteiger charge is 2.27. The quantitative estimate of drug-likeness (QED) is 0.298. The van der Waals surface area contributed by atoms with Crippen LogP contribution in [0, 0.1) is 24.2 Å². The van der Waals surface area contributed by atoms with Crippen molar-refractivity contribution >= 4 is 46.4 Å². The number of aromatic nitrogens is 1. The van der Waals surface area contributed by atoms with Crippen molar-refractivity contribution < 1.29 is 14.3 Å². The molecule has 2 amide bonds. The third-order valence-corrected chi connectivity index (χ3v) is 7.26. The molecule has 0 aliphatic heterocycles. The Balaban J connectivity index is 1.56. The van der Waals surface area contributed by atoms with Crippen LogP contribution in [0.25, 0.3) is 0 Å². The van der Waals surface area contributed by atoms with Crippen LogP contribution >= 0.6 is 22.7 Å². The van der Waals surface area contributed by atoms with E-state index in [-0.39, 0.29) is 11.8 Å². The fourth-order valence-corrected chi connectivity index (χ4v) is 5.50. The number of allylic oxidation sites excluding steroid dienone is 3. The molecule has 176 valence electrons. The van der Waals surface area contributed by atoms with Crippen LogP contribution in [0.3, 0.4) is 0 Å². The van der Waals surface area contributed by atoms with Gasteiger partial charge in [-0.2, -0.15) is 5.26 Å². The normalized spacial score (nSPS) is 15.3. The van der Waals surface area contributed by atoms with Gasteiger partial charge < -0.3 is 15.4 Å². The molecule has 8 nitrogen and oxygen atoms in total. The van der Waals surface area contributed by atoms with Crippen molar-refractivity contribution in [3.8, 4) is 6.07 Å². The number of ether oxygens (including phenoxy) is 1. The molecule has 1 unspecified atom stereocenters. The van der Waals surface area contributed by atoms with E-state index < -0.39 is 6.09 Å². The zero-order chi connectivity index (χ0) is 24.5. The van der Waals surface area contributed by atoms with E-state index in [9.17, 15) is 14.9 Å². The second kappa shape index (κ2) is 12.1. The summed E-state index contributed by atoms with van der Waals surface area (Å²) in [5, 5.41) is 18.5. The van der Waals surface area contributed by atoms with E-state index in [0.29, 0.717) is 42.1 Å². The van der Waals surface area contributed by atoms with Crippen molar-refractivity contribution in [2.45, 2.75) is 32.7 Å². The van der Waals surface area contributed by atoms with Gasteiger partial charge in [0, 0.05) is 28.2 Å². The van der Waals surface area contributed by atoms with Crippen molar-refractivity contribution in [2.24, 2.45) is 10.9 Å². The first-order valence-electron chi connectivity index (χ1n) is 10.6. The second-order valence-corrected chi connectivity index (χ2v) is 9.65. The largest absolute Gasteiger partial charge is 0.449 e. The lowest BCUT2D eigenvalue weighted by molar-refractivity contribution is -0.111. The molecule has 10 heteroatoms. The van der Waals surface area contributed by atoms with Crippen LogP contribution in [0.2, 0.25) is 0 Å². The van der Waals surface area contributed by atoms with Crippen molar-refractivity contribution in [2.75, 3.05) is 11.9 Å². The number of anilines is 1. The maximum Gasteiger partial charge on any atom is 0.407 e. The maximum atomic E-state index is 12.3. The smallest absolute Gasteiger partial charge is 0.407 e.